The van der Waals surface area contributed by atoms with E-state index < -0.39 is 23.5 Å². The summed E-state index contributed by atoms with van der Waals surface area (Å²) in [6.45, 7) is 5.15. The molecule has 0 fully saturated rings. The highest BCUT2D eigenvalue weighted by molar-refractivity contribution is 5.28. The van der Waals surface area contributed by atoms with Gasteiger partial charge in [0.15, 0.2) is 17.5 Å². The molecule has 2 aromatic rings. The molecule has 0 amide bonds. The van der Waals surface area contributed by atoms with Crippen LogP contribution in [-0.2, 0) is 6.54 Å². The van der Waals surface area contributed by atoms with Crippen molar-refractivity contribution in [2.75, 3.05) is 6.54 Å². The van der Waals surface area contributed by atoms with E-state index in [0.29, 0.717) is 12.4 Å². The van der Waals surface area contributed by atoms with Crippen LogP contribution in [0.3, 0.4) is 0 Å². The first-order valence-electron chi connectivity index (χ1n) is 6.97. The number of aromatic nitrogens is 2. The second-order valence-electron chi connectivity index (χ2n) is 4.73. The van der Waals surface area contributed by atoms with E-state index in [-0.39, 0.29) is 5.56 Å². The lowest BCUT2D eigenvalue weighted by Gasteiger charge is -2.20. The van der Waals surface area contributed by atoms with Crippen molar-refractivity contribution in [1.29, 1.82) is 0 Å². The fourth-order valence-electron chi connectivity index (χ4n) is 2.32. The summed E-state index contributed by atoms with van der Waals surface area (Å²) < 4.78 is 42.5. The molecule has 2 rings (SSSR count). The Bertz CT molecular complexity index is 610. The molecule has 0 spiro atoms. The minimum Gasteiger partial charge on any atom is -0.333 e. The van der Waals surface area contributed by atoms with Crippen molar-refractivity contribution in [3.8, 4) is 0 Å². The minimum absolute atomic E-state index is 0.0549. The molecule has 114 valence electrons. The molecule has 1 aromatic carbocycles. The molecule has 1 unspecified atom stereocenters. The summed E-state index contributed by atoms with van der Waals surface area (Å²) in [5, 5.41) is 3.08. The summed E-state index contributed by atoms with van der Waals surface area (Å²) in [7, 11) is 0. The monoisotopic (exact) mass is 297 g/mol. The second kappa shape index (κ2) is 6.76. The average molecular weight is 297 g/mol. The Morgan fingerprint density at radius 3 is 2.62 bits per heavy atom. The molecule has 0 aliphatic carbocycles. The van der Waals surface area contributed by atoms with Crippen LogP contribution < -0.4 is 5.32 Å². The number of imidazole rings is 1. The molecule has 0 aliphatic rings. The van der Waals surface area contributed by atoms with Crippen molar-refractivity contribution in [3.05, 3.63) is 53.4 Å². The van der Waals surface area contributed by atoms with Crippen LogP contribution in [0.4, 0.5) is 13.2 Å². The largest absolute Gasteiger partial charge is 0.333 e. The molecule has 6 heteroatoms. The summed E-state index contributed by atoms with van der Waals surface area (Å²) in [5.74, 6) is -3.23. The summed E-state index contributed by atoms with van der Waals surface area (Å²) in [4.78, 5) is 4.24. The van der Waals surface area contributed by atoms with E-state index in [4.69, 9.17) is 0 Å². The van der Waals surface area contributed by atoms with Crippen molar-refractivity contribution in [1.82, 2.24) is 14.9 Å². The molecule has 0 saturated heterocycles. The zero-order valence-electron chi connectivity index (χ0n) is 12.0. The molecule has 1 N–H and O–H groups in total. The Morgan fingerprint density at radius 2 is 1.95 bits per heavy atom. The van der Waals surface area contributed by atoms with Gasteiger partial charge >= 0.3 is 0 Å². The number of halogens is 3. The van der Waals surface area contributed by atoms with E-state index in [1.165, 1.54) is 6.07 Å². The van der Waals surface area contributed by atoms with Crippen molar-refractivity contribution >= 4 is 0 Å². The van der Waals surface area contributed by atoms with Gasteiger partial charge in [0.25, 0.3) is 0 Å². The van der Waals surface area contributed by atoms with Crippen molar-refractivity contribution < 1.29 is 13.2 Å². The number of rotatable bonds is 6. The Kier molecular flexibility index (Phi) is 5.01. The third-order valence-electron chi connectivity index (χ3n) is 3.25. The Hall–Kier alpha value is -1.82. The van der Waals surface area contributed by atoms with Gasteiger partial charge in [-0.2, -0.15) is 0 Å². The van der Waals surface area contributed by atoms with Gasteiger partial charge in [-0.15, -0.1) is 0 Å². The molecule has 1 aromatic heterocycles. The molecule has 0 aliphatic heterocycles. The minimum atomic E-state index is -1.45. The van der Waals surface area contributed by atoms with E-state index >= 15 is 0 Å². The van der Waals surface area contributed by atoms with Gasteiger partial charge in [0.1, 0.15) is 5.82 Å². The van der Waals surface area contributed by atoms with E-state index in [2.05, 4.69) is 10.3 Å². The van der Waals surface area contributed by atoms with Crippen LogP contribution >= 0.6 is 0 Å². The van der Waals surface area contributed by atoms with Gasteiger partial charge in [0.2, 0.25) is 0 Å². The SMILES string of the molecule is CCCn1ccnc1C(NCC)c1ccc(F)c(F)c1F. The first-order valence-corrected chi connectivity index (χ1v) is 6.97. The van der Waals surface area contributed by atoms with E-state index in [9.17, 15) is 13.2 Å². The van der Waals surface area contributed by atoms with E-state index in [1.807, 2.05) is 18.4 Å². The lowest BCUT2D eigenvalue weighted by molar-refractivity contribution is 0.428. The van der Waals surface area contributed by atoms with Crippen LogP contribution in [0, 0.1) is 17.5 Å². The third-order valence-corrected chi connectivity index (χ3v) is 3.25. The van der Waals surface area contributed by atoms with Crippen LogP contribution in [-0.4, -0.2) is 16.1 Å². The predicted molar refractivity (Wildman–Crippen MR) is 74.4 cm³/mol. The van der Waals surface area contributed by atoms with Crippen molar-refractivity contribution in [2.24, 2.45) is 0 Å². The number of hydrogen-bond donors (Lipinski definition) is 1. The van der Waals surface area contributed by atoms with Crippen LogP contribution in [0.25, 0.3) is 0 Å². The quantitative estimate of drug-likeness (QED) is 0.828. The molecule has 0 bridgehead atoms. The molecule has 3 nitrogen and oxygen atoms in total. The zero-order chi connectivity index (χ0) is 15.4. The molecule has 1 heterocycles. The predicted octanol–water partition coefficient (Wildman–Crippen LogP) is 3.41. The first kappa shape index (κ1) is 15.6. The van der Waals surface area contributed by atoms with Crippen LogP contribution in [0.5, 0.6) is 0 Å². The normalized spacial score (nSPS) is 12.6. The molecule has 21 heavy (non-hydrogen) atoms. The zero-order valence-corrected chi connectivity index (χ0v) is 12.0. The molecular formula is C15H18F3N3. The van der Waals surface area contributed by atoms with Gasteiger partial charge in [0, 0.05) is 24.5 Å². The van der Waals surface area contributed by atoms with Gasteiger partial charge in [0.05, 0.1) is 6.04 Å². The number of nitrogens with one attached hydrogen (secondary N) is 1. The number of nitrogens with zero attached hydrogens (tertiary/aromatic N) is 2. The Morgan fingerprint density at radius 1 is 1.19 bits per heavy atom. The number of hydrogen-bond acceptors (Lipinski definition) is 2. The van der Waals surface area contributed by atoms with Gasteiger partial charge in [-0.25, -0.2) is 18.2 Å². The maximum atomic E-state index is 14.1. The maximum absolute atomic E-state index is 14.1. The highest BCUT2D eigenvalue weighted by Gasteiger charge is 2.24. The van der Waals surface area contributed by atoms with Crippen molar-refractivity contribution in [2.45, 2.75) is 32.9 Å². The third kappa shape index (κ3) is 3.10. The van der Waals surface area contributed by atoms with Crippen molar-refractivity contribution in [3.63, 3.8) is 0 Å². The number of aryl methyl sites for hydroxylation is 1. The Balaban J connectivity index is 2.48. The summed E-state index contributed by atoms with van der Waals surface area (Å²) >= 11 is 0. The fourth-order valence-corrected chi connectivity index (χ4v) is 2.32. The van der Waals surface area contributed by atoms with E-state index in [1.54, 1.807) is 12.4 Å². The highest BCUT2D eigenvalue weighted by atomic mass is 19.2. The summed E-state index contributed by atoms with van der Waals surface area (Å²) in [6, 6.07) is 1.57. The first-order chi connectivity index (χ1) is 10.1. The summed E-state index contributed by atoms with van der Waals surface area (Å²) in [6.07, 6.45) is 4.30. The summed E-state index contributed by atoms with van der Waals surface area (Å²) in [5.41, 5.74) is 0.0549. The van der Waals surface area contributed by atoms with Crippen LogP contribution in [0.1, 0.15) is 37.7 Å². The molecule has 1 atom stereocenters. The second-order valence-corrected chi connectivity index (χ2v) is 4.73. The topological polar surface area (TPSA) is 29.9 Å². The molecular weight excluding hydrogens is 279 g/mol. The van der Waals surface area contributed by atoms with Crippen LogP contribution in [0.2, 0.25) is 0 Å². The van der Waals surface area contributed by atoms with Crippen LogP contribution in [0.15, 0.2) is 24.5 Å². The van der Waals surface area contributed by atoms with Gasteiger partial charge in [-0.05, 0) is 19.0 Å². The van der Waals surface area contributed by atoms with Gasteiger partial charge < -0.3 is 9.88 Å². The lowest BCUT2D eigenvalue weighted by atomic mass is 10.0. The van der Waals surface area contributed by atoms with Gasteiger partial charge in [-0.3, -0.25) is 0 Å². The average Bonchev–Trinajstić information content (AvgIpc) is 2.92. The van der Waals surface area contributed by atoms with E-state index in [0.717, 1.165) is 19.0 Å². The number of benzene rings is 1. The fraction of sp³-hybridized carbons (Fsp3) is 0.400. The molecule has 0 saturated carbocycles. The molecule has 0 radical (unpaired) electrons. The highest BCUT2D eigenvalue weighted by Crippen LogP contribution is 2.26. The smallest absolute Gasteiger partial charge is 0.194 e. The Labute approximate surface area is 121 Å². The maximum Gasteiger partial charge on any atom is 0.194 e. The van der Waals surface area contributed by atoms with Gasteiger partial charge in [-0.1, -0.05) is 19.9 Å². The standard InChI is InChI=1S/C15H18F3N3/c1-3-8-21-9-7-20-15(21)14(19-4-2)10-5-6-11(16)13(18)12(10)17/h5-7,9,14,19H,3-4,8H2,1-2H3. The lowest BCUT2D eigenvalue weighted by Crippen LogP contribution is -2.26.